The molecule has 1 saturated heterocycles. The zero-order valence-corrected chi connectivity index (χ0v) is 17.5. The van der Waals surface area contributed by atoms with Crippen molar-refractivity contribution in [3.63, 3.8) is 0 Å². The Morgan fingerprint density at radius 1 is 1.03 bits per heavy atom. The molecule has 29 heavy (non-hydrogen) atoms. The number of hydrogen-bond donors (Lipinski definition) is 3. The highest BCUT2D eigenvalue weighted by atomic mass is 35.5. The van der Waals surface area contributed by atoms with Gasteiger partial charge < -0.3 is 20.5 Å². The molecule has 156 valence electrons. The van der Waals surface area contributed by atoms with Crippen molar-refractivity contribution in [2.75, 3.05) is 26.8 Å². The van der Waals surface area contributed by atoms with E-state index in [2.05, 4.69) is 10.6 Å². The summed E-state index contributed by atoms with van der Waals surface area (Å²) in [4.78, 5) is 24.3. The lowest BCUT2D eigenvalue weighted by molar-refractivity contribution is 0.0843. The number of hydrogen-bond acceptors (Lipinski definition) is 4. The molecule has 0 aliphatic carbocycles. The summed E-state index contributed by atoms with van der Waals surface area (Å²) in [5, 5.41) is 13.7. The van der Waals surface area contributed by atoms with Crippen LogP contribution in [0.1, 0.15) is 27.1 Å². The Hall–Kier alpha value is -2.12. The fourth-order valence-electron chi connectivity index (χ4n) is 2.98. The summed E-state index contributed by atoms with van der Waals surface area (Å²) < 4.78 is 5.72. The number of rotatable bonds is 6. The molecule has 2 aromatic rings. The van der Waals surface area contributed by atoms with Crippen molar-refractivity contribution in [3.8, 4) is 0 Å². The van der Waals surface area contributed by atoms with Crippen LogP contribution in [0.5, 0.6) is 0 Å². The van der Waals surface area contributed by atoms with Gasteiger partial charge >= 0.3 is 0 Å². The highest BCUT2D eigenvalue weighted by molar-refractivity contribution is 6.33. The number of amides is 2. The first-order valence-corrected chi connectivity index (χ1v) is 9.91. The standard InChI is InChI=1S/C20H20Cl2N2O3.CH4O/c21-15-5-3-4-14(9-15)19(25)23-10-13-8-16(27-12-13)11-24-20(26)17-6-1-2-7-18(17)22;1-2/h1-7,9,13,16H,8,10-12H2,(H,23,25)(H,24,26);2H,1H3. The molecule has 0 saturated carbocycles. The van der Waals surface area contributed by atoms with E-state index in [1.807, 2.05) is 0 Å². The maximum Gasteiger partial charge on any atom is 0.252 e. The van der Waals surface area contributed by atoms with E-state index in [9.17, 15) is 9.59 Å². The molecule has 8 heteroatoms. The Bertz CT molecular complexity index is 832. The second-order valence-electron chi connectivity index (χ2n) is 6.47. The number of aliphatic hydroxyl groups is 1. The predicted molar refractivity (Wildman–Crippen MR) is 114 cm³/mol. The summed E-state index contributed by atoms with van der Waals surface area (Å²) in [5.41, 5.74) is 0.979. The average Bonchev–Trinajstić information content (AvgIpc) is 3.20. The number of benzene rings is 2. The molecular formula is C21H24Cl2N2O4. The maximum atomic E-state index is 12.2. The molecule has 2 amide bonds. The van der Waals surface area contributed by atoms with Gasteiger partial charge in [0.15, 0.2) is 0 Å². The first-order valence-electron chi connectivity index (χ1n) is 9.15. The van der Waals surface area contributed by atoms with Gasteiger partial charge in [-0.15, -0.1) is 0 Å². The smallest absolute Gasteiger partial charge is 0.252 e. The molecule has 0 aromatic heterocycles. The second kappa shape index (κ2) is 11.8. The minimum atomic E-state index is -0.220. The minimum absolute atomic E-state index is 0.0792. The third-order valence-corrected chi connectivity index (χ3v) is 4.98. The van der Waals surface area contributed by atoms with E-state index in [1.54, 1.807) is 48.5 Å². The van der Waals surface area contributed by atoms with Crippen LogP contribution in [-0.4, -0.2) is 49.8 Å². The van der Waals surface area contributed by atoms with Gasteiger partial charge in [-0.05, 0) is 36.8 Å². The van der Waals surface area contributed by atoms with E-state index in [0.717, 1.165) is 13.5 Å². The lowest BCUT2D eigenvalue weighted by Gasteiger charge is -2.12. The molecule has 3 rings (SSSR count). The number of ether oxygens (including phenoxy) is 1. The van der Waals surface area contributed by atoms with Gasteiger partial charge in [-0.2, -0.15) is 0 Å². The molecule has 0 spiro atoms. The van der Waals surface area contributed by atoms with Gasteiger partial charge in [0.25, 0.3) is 11.8 Å². The SMILES string of the molecule is CO.O=C(NCC1COC(CNC(=O)c2ccccc2Cl)C1)c1cccc(Cl)c1. The monoisotopic (exact) mass is 438 g/mol. The van der Waals surface area contributed by atoms with Crippen LogP contribution in [0.3, 0.4) is 0 Å². The van der Waals surface area contributed by atoms with Gasteiger partial charge in [-0.1, -0.05) is 41.4 Å². The van der Waals surface area contributed by atoms with Crippen molar-refractivity contribution in [2.45, 2.75) is 12.5 Å². The van der Waals surface area contributed by atoms with Gasteiger partial charge in [-0.25, -0.2) is 0 Å². The summed E-state index contributed by atoms with van der Waals surface area (Å²) in [6.07, 6.45) is 0.683. The van der Waals surface area contributed by atoms with Crippen LogP contribution in [0.15, 0.2) is 48.5 Å². The van der Waals surface area contributed by atoms with Crippen molar-refractivity contribution < 1.29 is 19.4 Å². The van der Waals surface area contributed by atoms with E-state index in [1.165, 1.54) is 0 Å². The number of halogens is 2. The van der Waals surface area contributed by atoms with Crippen molar-refractivity contribution in [2.24, 2.45) is 5.92 Å². The summed E-state index contributed by atoms with van der Waals surface area (Å²) in [5.74, 6) is -0.176. The van der Waals surface area contributed by atoms with Crippen LogP contribution in [0.25, 0.3) is 0 Å². The summed E-state index contributed by atoms with van der Waals surface area (Å²) in [6.45, 7) is 1.46. The summed E-state index contributed by atoms with van der Waals surface area (Å²) >= 11 is 11.9. The Morgan fingerprint density at radius 2 is 1.76 bits per heavy atom. The molecule has 2 atom stereocenters. The Morgan fingerprint density at radius 3 is 2.48 bits per heavy atom. The lowest BCUT2D eigenvalue weighted by Crippen LogP contribution is -2.32. The van der Waals surface area contributed by atoms with Crippen molar-refractivity contribution in [1.29, 1.82) is 0 Å². The zero-order valence-electron chi connectivity index (χ0n) is 16.0. The summed E-state index contributed by atoms with van der Waals surface area (Å²) in [7, 11) is 1.00. The Balaban J connectivity index is 0.00000145. The summed E-state index contributed by atoms with van der Waals surface area (Å²) in [6, 6.07) is 13.7. The topological polar surface area (TPSA) is 87.7 Å². The maximum absolute atomic E-state index is 12.2. The molecule has 1 aliphatic rings. The third-order valence-electron chi connectivity index (χ3n) is 4.41. The molecule has 2 aromatic carbocycles. The number of carbonyl (C=O) groups excluding carboxylic acids is 2. The van der Waals surface area contributed by atoms with Crippen LogP contribution in [0.4, 0.5) is 0 Å². The van der Waals surface area contributed by atoms with Crippen molar-refractivity contribution >= 4 is 35.0 Å². The van der Waals surface area contributed by atoms with Crippen LogP contribution in [0, 0.1) is 5.92 Å². The fourth-order valence-corrected chi connectivity index (χ4v) is 3.39. The molecule has 3 N–H and O–H groups in total. The Kier molecular flexibility index (Phi) is 9.41. The predicted octanol–water partition coefficient (Wildman–Crippen LogP) is 3.17. The lowest BCUT2D eigenvalue weighted by atomic mass is 10.1. The largest absolute Gasteiger partial charge is 0.400 e. The zero-order chi connectivity index (χ0) is 21.2. The van der Waals surface area contributed by atoms with E-state index < -0.39 is 0 Å². The first-order chi connectivity index (χ1) is 14.0. The van der Waals surface area contributed by atoms with E-state index in [-0.39, 0.29) is 23.8 Å². The fraction of sp³-hybridized carbons (Fsp3) is 0.333. The van der Waals surface area contributed by atoms with E-state index >= 15 is 0 Å². The van der Waals surface area contributed by atoms with Gasteiger partial charge in [0, 0.05) is 36.7 Å². The van der Waals surface area contributed by atoms with Crippen LogP contribution in [-0.2, 0) is 4.74 Å². The molecule has 1 fully saturated rings. The van der Waals surface area contributed by atoms with Gasteiger partial charge in [-0.3, -0.25) is 9.59 Å². The van der Waals surface area contributed by atoms with Crippen molar-refractivity contribution in [3.05, 3.63) is 69.7 Å². The Labute approximate surface area is 180 Å². The highest BCUT2D eigenvalue weighted by Crippen LogP contribution is 2.20. The van der Waals surface area contributed by atoms with E-state index in [4.69, 9.17) is 33.0 Å². The molecule has 2 unspecified atom stereocenters. The quantitative estimate of drug-likeness (QED) is 0.646. The molecule has 1 aliphatic heterocycles. The molecule has 6 nitrogen and oxygen atoms in total. The van der Waals surface area contributed by atoms with Crippen LogP contribution in [0.2, 0.25) is 10.0 Å². The van der Waals surface area contributed by atoms with Gasteiger partial charge in [0.2, 0.25) is 0 Å². The highest BCUT2D eigenvalue weighted by Gasteiger charge is 2.26. The molecular weight excluding hydrogens is 415 g/mol. The van der Waals surface area contributed by atoms with Gasteiger partial charge in [0.1, 0.15) is 0 Å². The van der Waals surface area contributed by atoms with E-state index in [0.29, 0.717) is 40.9 Å². The normalized spacial score (nSPS) is 17.8. The minimum Gasteiger partial charge on any atom is -0.400 e. The average molecular weight is 439 g/mol. The number of aliphatic hydroxyl groups excluding tert-OH is 1. The third kappa shape index (κ3) is 7.01. The van der Waals surface area contributed by atoms with Crippen LogP contribution < -0.4 is 10.6 Å². The number of nitrogens with one attached hydrogen (secondary N) is 2. The second-order valence-corrected chi connectivity index (χ2v) is 7.31. The van der Waals surface area contributed by atoms with Crippen molar-refractivity contribution in [1.82, 2.24) is 10.6 Å². The molecule has 0 bridgehead atoms. The molecule has 0 radical (unpaired) electrons. The van der Waals surface area contributed by atoms with Gasteiger partial charge in [0.05, 0.1) is 23.3 Å². The molecule has 1 heterocycles. The van der Waals surface area contributed by atoms with Crippen LogP contribution >= 0.6 is 23.2 Å². The number of carbonyl (C=O) groups is 2. The first kappa shape index (κ1) is 23.2.